The number of piperidine rings is 1. The summed E-state index contributed by atoms with van der Waals surface area (Å²) in [5.41, 5.74) is 1.83. The first-order chi connectivity index (χ1) is 17.9. The van der Waals surface area contributed by atoms with Gasteiger partial charge in [-0.1, -0.05) is 18.2 Å². The first-order valence-electron chi connectivity index (χ1n) is 12.9. The zero-order valence-electron chi connectivity index (χ0n) is 21.4. The minimum Gasteiger partial charge on any atom is -0.485 e. The molecule has 3 aromatic rings. The van der Waals surface area contributed by atoms with E-state index in [1.54, 1.807) is 30.6 Å². The van der Waals surface area contributed by atoms with Gasteiger partial charge in [-0.2, -0.15) is 0 Å². The average Bonchev–Trinajstić information content (AvgIpc) is 3.09. The molecule has 1 atom stereocenters. The van der Waals surface area contributed by atoms with Crippen LogP contribution < -0.4 is 19.9 Å². The van der Waals surface area contributed by atoms with E-state index in [1.165, 1.54) is 5.69 Å². The van der Waals surface area contributed by atoms with Gasteiger partial charge < -0.3 is 25.0 Å². The molecule has 1 saturated heterocycles. The summed E-state index contributed by atoms with van der Waals surface area (Å²) in [6.45, 7) is 7.10. The van der Waals surface area contributed by atoms with E-state index in [2.05, 4.69) is 62.3 Å². The summed E-state index contributed by atoms with van der Waals surface area (Å²) in [4.78, 5) is 21.1. The first-order valence-corrected chi connectivity index (χ1v) is 12.9. The largest absolute Gasteiger partial charge is 0.485 e. The predicted molar refractivity (Wildman–Crippen MR) is 142 cm³/mol. The van der Waals surface area contributed by atoms with Crippen molar-refractivity contribution in [1.29, 1.82) is 0 Å². The lowest BCUT2D eigenvalue weighted by Gasteiger charge is -2.41. The second kappa shape index (κ2) is 10.7. The third-order valence-corrected chi connectivity index (χ3v) is 7.34. The number of carbonyl (C=O) groups excluding carboxylic acids is 1. The monoisotopic (exact) mass is 502 g/mol. The summed E-state index contributed by atoms with van der Waals surface area (Å²) in [7, 11) is 0. The van der Waals surface area contributed by atoms with Gasteiger partial charge in [0.1, 0.15) is 11.4 Å². The smallest absolute Gasteiger partial charge is 0.271 e. The summed E-state index contributed by atoms with van der Waals surface area (Å²) in [5.74, 6) is 1.34. The summed E-state index contributed by atoms with van der Waals surface area (Å²) in [6.07, 6.45) is 5.14. The normalized spacial score (nSPS) is 17.6. The topological polar surface area (TPSA) is 104 Å². The highest BCUT2D eigenvalue weighted by Crippen LogP contribution is 2.41. The van der Waals surface area contributed by atoms with Crippen LogP contribution in [0.5, 0.6) is 5.75 Å². The van der Waals surface area contributed by atoms with Crippen LogP contribution in [0.3, 0.4) is 0 Å². The zero-order valence-corrected chi connectivity index (χ0v) is 21.4. The Hall–Kier alpha value is -3.72. The zero-order chi connectivity index (χ0) is 25.8. The fourth-order valence-corrected chi connectivity index (χ4v) is 5.13. The molecule has 0 aliphatic carbocycles. The number of anilines is 2. The first kappa shape index (κ1) is 25.0. The molecule has 2 aromatic heterocycles. The van der Waals surface area contributed by atoms with Gasteiger partial charge in [-0.05, 0) is 44.2 Å². The number of ether oxygens (including phenoxy) is 1. The number of nitrogens with one attached hydrogen (secondary N) is 1. The molecule has 1 fully saturated rings. The van der Waals surface area contributed by atoms with E-state index in [9.17, 15) is 9.90 Å². The number of para-hydroxylation sites is 2. The number of pyridine rings is 1. The van der Waals surface area contributed by atoms with Crippen LogP contribution in [0.15, 0.2) is 60.9 Å². The predicted octanol–water partition coefficient (Wildman–Crippen LogP) is 3.37. The van der Waals surface area contributed by atoms with Crippen molar-refractivity contribution in [3.05, 3.63) is 72.2 Å². The summed E-state index contributed by atoms with van der Waals surface area (Å²) < 4.78 is 6.70. The highest BCUT2D eigenvalue weighted by Gasteiger charge is 2.40. The molecule has 2 N–H and O–H groups in total. The Balaban J connectivity index is 1.18. The molecule has 37 heavy (non-hydrogen) atoms. The number of benzene rings is 1. The third-order valence-electron chi connectivity index (χ3n) is 7.34. The van der Waals surface area contributed by atoms with Gasteiger partial charge in [-0.3, -0.25) is 9.78 Å². The number of hydrogen-bond donors (Lipinski definition) is 2. The molecule has 1 spiro atoms. The minimum absolute atomic E-state index is 0.0690. The van der Waals surface area contributed by atoms with Gasteiger partial charge in [0, 0.05) is 69.4 Å². The van der Waals surface area contributed by atoms with Gasteiger partial charge in [0.2, 0.25) is 0 Å². The molecular weight excluding hydrogens is 468 g/mol. The van der Waals surface area contributed by atoms with Gasteiger partial charge in [0.25, 0.3) is 5.91 Å². The van der Waals surface area contributed by atoms with Crippen molar-refractivity contribution >= 4 is 17.4 Å². The van der Waals surface area contributed by atoms with Gasteiger partial charge in [0.15, 0.2) is 11.5 Å². The van der Waals surface area contributed by atoms with Gasteiger partial charge >= 0.3 is 0 Å². The van der Waals surface area contributed by atoms with Crippen molar-refractivity contribution in [3.8, 4) is 5.75 Å². The van der Waals surface area contributed by atoms with E-state index in [0.717, 1.165) is 50.5 Å². The number of hydrogen-bond acceptors (Lipinski definition) is 8. The lowest BCUT2D eigenvalue weighted by molar-refractivity contribution is 0.0409. The molecule has 9 heteroatoms. The molecule has 1 unspecified atom stereocenters. The number of aromatic nitrogens is 3. The lowest BCUT2D eigenvalue weighted by atomic mass is 9.87. The Morgan fingerprint density at radius 1 is 1.05 bits per heavy atom. The van der Waals surface area contributed by atoms with Crippen molar-refractivity contribution in [2.45, 2.75) is 50.9 Å². The molecule has 2 aliphatic rings. The maximum atomic E-state index is 12.5. The molecular formula is C28H34N6O3. The fourth-order valence-electron chi connectivity index (χ4n) is 5.13. The number of nitrogens with zero attached hydrogens (tertiary/aromatic N) is 5. The Morgan fingerprint density at radius 2 is 1.84 bits per heavy atom. The summed E-state index contributed by atoms with van der Waals surface area (Å²) in [5, 5.41) is 21.4. The van der Waals surface area contributed by atoms with Gasteiger partial charge in [-0.15, -0.1) is 10.2 Å². The number of fused-ring (bicyclic) bond motifs is 1. The summed E-state index contributed by atoms with van der Waals surface area (Å²) in [6, 6.07) is 15.8. The number of aliphatic hydroxyl groups is 1. The van der Waals surface area contributed by atoms with Gasteiger partial charge in [-0.25, -0.2) is 0 Å². The Kier molecular flexibility index (Phi) is 7.23. The highest BCUT2D eigenvalue weighted by molar-refractivity contribution is 5.92. The number of carbonyl (C=O) groups is 1. The molecule has 194 valence electrons. The van der Waals surface area contributed by atoms with Gasteiger partial charge in [0.05, 0.1) is 11.8 Å². The van der Waals surface area contributed by atoms with Crippen molar-refractivity contribution in [2.75, 3.05) is 36.0 Å². The van der Waals surface area contributed by atoms with E-state index >= 15 is 0 Å². The van der Waals surface area contributed by atoms with Crippen molar-refractivity contribution in [3.63, 3.8) is 0 Å². The highest BCUT2D eigenvalue weighted by atomic mass is 16.5. The third kappa shape index (κ3) is 5.51. The van der Waals surface area contributed by atoms with Crippen LogP contribution in [0, 0.1) is 0 Å². The summed E-state index contributed by atoms with van der Waals surface area (Å²) >= 11 is 0. The van der Waals surface area contributed by atoms with Crippen LogP contribution in [-0.2, 0) is 0 Å². The van der Waals surface area contributed by atoms with Crippen LogP contribution in [0.2, 0.25) is 0 Å². The van der Waals surface area contributed by atoms with Crippen molar-refractivity contribution < 1.29 is 14.6 Å². The number of rotatable bonds is 6. The molecule has 5 rings (SSSR count). The Morgan fingerprint density at radius 3 is 2.54 bits per heavy atom. The molecule has 0 radical (unpaired) electrons. The van der Waals surface area contributed by atoms with E-state index in [4.69, 9.17) is 4.74 Å². The quantitative estimate of drug-likeness (QED) is 0.529. The van der Waals surface area contributed by atoms with Crippen LogP contribution >= 0.6 is 0 Å². The molecule has 1 aromatic carbocycles. The Labute approximate surface area is 217 Å². The molecule has 4 heterocycles. The van der Waals surface area contributed by atoms with Crippen molar-refractivity contribution in [2.24, 2.45) is 0 Å². The lowest BCUT2D eigenvalue weighted by Crippen LogP contribution is -2.49. The second-order valence-electron chi connectivity index (χ2n) is 10.1. The van der Waals surface area contributed by atoms with Crippen LogP contribution in [0.25, 0.3) is 0 Å². The second-order valence-corrected chi connectivity index (χ2v) is 10.1. The average molecular weight is 503 g/mol. The molecule has 0 saturated carbocycles. The van der Waals surface area contributed by atoms with Crippen molar-refractivity contribution in [1.82, 2.24) is 20.5 Å². The maximum absolute atomic E-state index is 12.5. The Bertz CT molecular complexity index is 1200. The van der Waals surface area contributed by atoms with Crippen LogP contribution in [0.4, 0.5) is 11.5 Å². The molecule has 9 nitrogen and oxygen atoms in total. The fraction of sp³-hybridized carbons (Fsp3) is 0.429. The standard InChI is InChI=1S/C28H34N6O3/c1-20(2)34-17-13-28(37-25-8-4-3-7-23(25)34)11-15-33(16-12-28)26-10-9-22(31-32-26)27(36)30-19-24(35)21-6-5-14-29-18-21/h3-10,14,18,20,24,35H,11-13,15-17,19H2,1-2H3,(H,30,36). The maximum Gasteiger partial charge on any atom is 0.271 e. The molecule has 1 amide bonds. The SMILES string of the molecule is CC(C)N1CCC2(CCN(c3ccc(C(=O)NCC(O)c4cccnc4)nn3)CC2)Oc2ccccc21. The minimum atomic E-state index is -0.837. The van der Waals surface area contributed by atoms with Crippen LogP contribution in [-0.4, -0.2) is 64.0 Å². The molecule has 0 bridgehead atoms. The van der Waals surface area contributed by atoms with E-state index in [1.807, 2.05) is 12.1 Å². The van der Waals surface area contributed by atoms with E-state index in [0.29, 0.717) is 11.6 Å². The van der Waals surface area contributed by atoms with E-state index in [-0.39, 0.29) is 23.7 Å². The van der Waals surface area contributed by atoms with Crippen LogP contribution in [0.1, 0.15) is 55.3 Å². The van der Waals surface area contributed by atoms with E-state index < -0.39 is 6.10 Å². The number of amides is 1. The number of aliphatic hydroxyl groups excluding tert-OH is 1. The molecule has 2 aliphatic heterocycles.